The molecule has 1 unspecified atom stereocenters. The quantitative estimate of drug-likeness (QED) is 0.298. The van der Waals surface area contributed by atoms with Crippen LogP contribution < -0.4 is 0 Å². The molecule has 1 fully saturated rings. The number of nitrogens with zero attached hydrogens (tertiary/aromatic N) is 1. The fourth-order valence-corrected chi connectivity index (χ4v) is 3.88. The molecule has 1 saturated heterocycles. The second-order valence-electron chi connectivity index (χ2n) is 7.36. The first kappa shape index (κ1) is 23.4. The number of amides is 1. The van der Waals surface area contributed by atoms with E-state index in [9.17, 15) is 14.7 Å². The summed E-state index contributed by atoms with van der Waals surface area (Å²) in [4.78, 5) is 25.4. The molecule has 1 aromatic carbocycles. The molecule has 0 spiro atoms. The number of halogens is 1. The lowest BCUT2D eigenvalue weighted by Gasteiger charge is -2.22. The summed E-state index contributed by atoms with van der Waals surface area (Å²) in [5.41, 5.74) is 0.723. The number of benzene rings is 1. The average molecular weight is 422 g/mol. The summed E-state index contributed by atoms with van der Waals surface area (Å²) in [6, 6.07) is 7.40. The minimum Gasteiger partial charge on any atom is -0.466 e. The number of unbranched alkanes of at least 4 members (excludes halogenated alkanes) is 3. The van der Waals surface area contributed by atoms with Crippen LogP contribution in [0.1, 0.15) is 70.0 Å². The highest BCUT2D eigenvalue weighted by Gasteiger charge is 2.28. The van der Waals surface area contributed by atoms with Crippen LogP contribution in [0, 0.1) is 0 Å². The first-order valence-electron chi connectivity index (χ1n) is 10.6. The van der Waals surface area contributed by atoms with Gasteiger partial charge in [0, 0.05) is 24.4 Å². The van der Waals surface area contributed by atoms with Gasteiger partial charge in [0.05, 0.1) is 18.8 Å². The molecule has 2 rings (SSSR count). The van der Waals surface area contributed by atoms with E-state index in [0.29, 0.717) is 30.9 Å². The van der Waals surface area contributed by atoms with Crippen molar-refractivity contribution in [2.24, 2.45) is 0 Å². The van der Waals surface area contributed by atoms with Gasteiger partial charge >= 0.3 is 5.97 Å². The van der Waals surface area contributed by atoms with Crippen LogP contribution in [-0.2, 0) is 14.3 Å². The van der Waals surface area contributed by atoms with Gasteiger partial charge in [-0.15, -0.1) is 0 Å². The Labute approximate surface area is 178 Å². The third-order valence-corrected chi connectivity index (χ3v) is 5.54. The maximum absolute atomic E-state index is 12.2. The van der Waals surface area contributed by atoms with E-state index >= 15 is 0 Å². The van der Waals surface area contributed by atoms with Crippen molar-refractivity contribution >= 4 is 23.5 Å². The summed E-state index contributed by atoms with van der Waals surface area (Å²) in [6.45, 7) is 2.98. The third kappa shape index (κ3) is 7.82. The first-order chi connectivity index (χ1) is 14.0. The number of likely N-dealkylation sites (tertiary alicyclic amines) is 1. The molecule has 1 aliphatic rings. The van der Waals surface area contributed by atoms with Crippen LogP contribution in [0.15, 0.2) is 36.4 Å². The number of carbonyl (C=O) groups excluding carboxylic acids is 2. The third-order valence-electron chi connectivity index (χ3n) is 5.19. The zero-order chi connectivity index (χ0) is 21.1. The van der Waals surface area contributed by atoms with Crippen molar-refractivity contribution in [2.75, 3.05) is 13.2 Å². The molecule has 6 heteroatoms. The van der Waals surface area contributed by atoms with Gasteiger partial charge in [0.1, 0.15) is 0 Å². The van der Waals surface area contributed by atoms with Crippen molar-refractivity contribution in [3.63, 3.8) is 0 Å². The molecule has 160 valence electrons. The summed E-state index contributed by atoms with van der Waals surface area (Å²) in [6.07, 6.45) is 9.38. The molecule has 1 N–H and O–H groups in total. The average Bonchev–Trinajstić information content (AvgIpc) is 3.04. The maximum atomic E-state index is 12.2. The van der Waals surface area contributed by atoms with Gasteiger partial charge in [0.25, 0.3) is 0 Å². The van der Waals surface area contributed by atoms with Gasteiger partial charge in [-0.1, -0.05) is 54.8 Å². The van der Waals surface area contributed by atoms with Gasteiger partial charge in [-0.3, -0.25) is 9.59 Å². The number of rotatable bonds is 12. The number of aliphatic hydroxyl groups excluding tert-OH is 1. The number of ether oxygens (including phenoxy) is 1. The van der Waals surface area contributed by atoms with Crippen LogP contribution in [0.3, 0.4) is 0 Å². The predicted octanol–water partition coefficient (Wildman–Crippen LogP) is 4.82. The van der Waals surface area contributed by atoms with E-state index in [1.165, 1.54) is 0 Å². The van der Waals surface area contributed by atoms with Gasteiger partial charge in [-0.05, 0) is 44.2 Å². The SMILES string of the molecule is CCOC(=O)CCCCCCN1C(=O)CC[C@H]1/C=C/CC(O)c1ccccc1Cl. The summed E-state index contributed by atoms with van der Waals surface area (Å²) in [7, 11) is 0. The Morgan fingerprint density at radius 3 is 2.83 bits per heavy atom. The van der Waals surface area contributed by atoms with Crippen molar-refractivity contribution in [1.29, 1.82) is 0 Å². The first-order valence-corrected chi connectivity index (χ1v) is 10.9. The topological polar surface area (TPSA) is 66.8 Å². The van der Waals surface area contributed by atoms with Crippen molar-refractivity contribution in [3.05, 3.63) is 47.0 Å². The smallest absolute Gasteiger partial charge is 0.305 e. The molecule has 29 heavy (non-hydrogen) atoms. The molecule has 0 saturated carbocycles. The van der Waals surface area contributed by atoms with E-state index in [0.717, 1.165) is 44.2 Å². The highest BCUT2D eigenvalue weighted by atomic mass is 35.5. The van der Waals surface area contributed by atoms with E-state index in [1.807, 2.05) is 42.2 Å². The van der Waals surface area contributed by atoms with E-state index in [1.54, 1.807) is 6.07 Å². The van der Waals surface area contributed by atoms with E-state index in [2.05, 4.69) is 0 Å². The Balaban J connectivity index is 1.72. The number of carbonyl (C=O) groups is 2. The van der Waals surface area contributed by atoms with E-state index < -0.39 is 6.10 Å². The van der Waals surface area contributed by atoms with E-state index in [-0.39, 0.29) is 17.9 Å². The molecule has 0 radical (unpaired) electrons. The monoisotopic (exact) mass is 421 g/mol. The van der Waals surface area contributed by atoms with Gasteiger partial charge in [0.15, 0.2) is 0 Å². The number of aliphatic hydroxyl groups is 1. The molecule has 0 bridgehead atoms. The van der Waals surface area contributed by atoms with Gasteiger partial charge in [0.2, 0.25) is 5.91 Å². The molecular weight excluding hydrogens is 390 g/mol. The largest absolute Gasteiger partial charge is 0.466 e. The second kappa shape index (κ2) is 12.7. The lowest BCUT2D eigenvalue weighted by atomic mass is 10.1. The van der Waals surface area contributed by atoms with Crippen LogP contribution in [0.5, 0.6) is 0 Å². The van der Waals surface area contributed by atoms with Crippen molar-refractivity contribution in [3.8, 4) is 0 Å². The molecule has 1 aliphatic heterocycles. The van der Waals surface area contributed by atoms with Gasteiger partial charge in [-0.2, -0.15) is 0 Å². The minimum absolute atomic E-state index is 0.0977. The van der Waals surface area contributed by atoms with Crippen LogP contribution in [-0.4, -0.2) is 41.1 Å². The standard InChI is InChI=1S/C23H32ClNO4/c1-2-29-23(28)14-5-3-4-8-17-25-18(15-16-22(25)27)10-9-13-21(26)19-11-6-7-12-20(19)24/h6-7,9-12,18,21,26H,2-5,8,13-17H2,1H3/b10-9+/t18-,21?/m1/s1. The fraction of sp³-hybridized carbons (Fsp3) is 0.565. The van der Waals surface area contributed by atoms with E-state index in [4.69, 9.17) is 16.3 Å². The Bertz CT molecular complexity index is 691. The summed E-state index contributed by atoms with van der Waals surface area (Å²) >= 11 is 6.13. The fourth-order valence-electron chi connectivity index (χ4n) is 3.62. The Kier molecular flexibility index (Phi) is 10.2. The zero-order valence-corrected chi connectivity index (χ0v) is 17.9. The summed E-state index contributed by atoms with van der Waals surface area (Å²) in [5.74, 6) is 0.0595. The number of hydrogen-bond acceptors (Lipinski definition) is 4. The van der Waals surface area contributed by atoms with Crippen molar-refractivity contribution < 1.29 is 19.4 Å². The zero-order valence-electron chi connectivity index (χ0n) is 17.2. The highest BCUT2D eigenvalue weighted by Crippen LogP contribution is 2.26. The maximum Gasteiger partial charge on any atom is 0.305 e. The Morgan fingerprint density at radius 1 is 1.31 bits per heavy atom. The summed E-state index contributed by atoms with van der Waals surface area (Å²) < 4.78 is 4.92. The number of hydrogen-bond donors (Lipinski definition) is 1. The number of esters is 1. The van der Waals surface area contributed by atoms with Gasteiger partial charge in [-0.25, -0.2) is 0 Å². The molecule has 1 heterocycles. The molecule has 0 aliphatic carbocycles. The molecule has 1 amide bonds. The van der Waals surface area contributed by atoms with Crippen LogP contribution in [0.25, 0.3) is 0 Å². The lowest BCUT2D eigenvalue weighted by Crippen LogP contribution is -2.32. The Hall–Kier alpha value is -1.85. The minimum atomic E-state index is -0.648. The molecule has 5 nitrogen and oxygen atoms in total. The van der Waals surface area contributed by atoms with Crippen LogP contribution in [0.2, 0.25) is 5.02 Å². The van der Waals surface area contributed by atoms with Crippen molar-refractivity contribution in [2.45, 2.75) is 70.4 Å². The molecule has 1 aromatic rings. The van der Waals surface area contributed by atoms with Crippen molar-refractivity contribution in [1.82, 2.24) is 4.90 Å². The van der Waals surface area contributed by atoms with Crippen LogP contribution >= 0.6 is 11.6 Å². The second-order valence-corrected chi connectivity index (χ2v) is 7.77. The van der Waals surface area contributed by atoms with Gasteiger partial charge < -0.3 is 14.7 Å². The normalized spacial score (nSPS) is 17.8. The molecule has 2 atom stereocenters. The molecule has 0 aromatic heterocycles. The Morgan fingerprint density at radius 2 is 2.07 bits per heavy atom. The lowest BCUT2D eigenvalue weighted by molar-refractivity contribution is -0.143. The van der Waals surface area contributed by atoms with Crippen LogP contribution in [0.4, 0.5) is 0 Å². The molecular formula is C23H32ClNO4. The predicted molar refractivity (Wildman–Crippen MR) is 115 cm³/mol. The highest BCUT2D eigenvalue weighted by molar-refractivity contribution is 6.31. The summed E-state index contributed by atoms with van der Waals surface area (Å²) in [5, 5.41) is 10.9.